The molecule has 1 aromatic heterocycles. The van der Waals surface area contributed by atoms with Crippen LogP contribution >= 0.6 is 0 Å². The summed E-state index contributed by atoms with van der Waals surface area (Å²) in [6, 6.07) is 25.2. The Labute approximate surface area is 211 Å². The van der Waals surface area contributed by atoms with Crippen molar-refractivity contribution in [1.29, 1.82) is 0 Å². The predicted octanol–water partition coefficient (Wildman–Crippen LogP) is 5.48. The maximum absolute atomic E-state index is 12.3. The number of rotatable bonds is 7. The number of amides is 1. The normalized spacial score (nSPS) is 17.8. The lowest BCUT2D eigenvalue weighted by Crippen LogP contribution is -2.36. The number of piperidine rings is 1. The van der Waals surface area contributed by atoms with Crippen LogP contribution in [0.4, 0.5) is 17.1 Å². The number of hydrogen-bond acceptors (Lipinski definition) is 4. The molecule has 0 radical (unpaired) electrons. The molecule has 1 aliphatic heterocycles. The Morgan fingerprint density at radius 3 is 2.39 bits per heavy atom. The molecule has 2 heterocycles. The lowest BCUT2D eigenvalue weighted by molar-refractivity contribution is 0.0951. The Balaban J connectivity index is 1.14. The van der Waals surface area contributed by atoms with E-state index in [0.29, 0.717) is 17.5 Å². The van der Waals surface area contributed by atoms with E-state index in [0.717, 1.165) is 66.7 Å². The van der Waals surface area contributed by atoms with E-state index >= 15 is 0 Å². The molecule has 1 aliphatic carbocycles. The zero-order valence-electron chi connectivity index (χ0n) is 20.4. The average Bonchev–Trinajstić information content (AvgIpc) is 3.64. The van der Waals surface area contributed by atoms with E-state index in [1.807, 2.05) is 24.3 Å². The van der Waals surface area contributed by atoms with E-state index in [1.54, 1.807) is 0 Å². The molecule has 6 rings (SSSR count). The van der Waals surface area contributed by atoms with Crippen molar-refractivity contribution < 1.29 is 9.90 Å². The Morgan fingerprint density at radius 2 is 1.64 bits per heavy atom. The number of aliphatic hydroxyl groups is 1. The van der Waals surface area contributed by atoms with Crippen LogP contribution in [0.25, 0.3) is 16.6 Å². The van der Waals surface area contributed by atoms with E-state index in [4.69, 9.17) is 0 Å². The first-order chi connectivity index (χ1) is 17.7. The second-order valence-electron chi connectivity index (χ2n) is 10.1. The van der Waals surface area contributed by atoms with Gasteiger partial charge < -0.3 is 25.2 Å². The highest BCUT2D eigenvalue weighted by Gasteiger charge is 2.23. The summed E-state index contributed by atoms with van der Waals surface area (Å²) in [6.45, 7) is 2.24. The first-order valence-corrected chi connectivity index (χ1v) is 12.9. The van der Waals surface area contributed by atoms with E-state index in [1.165, 1.54) is 5.69 Å². The number of carbonyl (C=O) groups excluding carboxylic acids is 1. The monoisotopic (exact) mass is 480 g/mol. The Hall–Kier alpha value is -3.77. The third kappa shape index (κ3) is 4.82. The van der Waals surface area contributed by atoms with Crippen LogP contribution in [0.1, 0.15) is 36.0 Å². The number of aliphatic hydroxyl groups excluding tert-OH is 1. The molecule has 184 valence electrons. The molecule has 36 heavy (non-hydrogen) atoms. The second kappa shape index (κ2) is 9.70. The summed E-state index contributed by atoms with van der Waals surface area (Å²) in [4.78, 5) is 14.7. The van der Waals surface area contributed by atoms with Crippen LogP contribution in [-0.2, 0) is 0 Å². The molecule has 3 N–H and O–H groups in total. The number of carbonyl (C=O) groups is 1. The van der Waals surface area contributed by atoms with Gasteiger partial charge >= 0.3 is 0 Å². The van der Waals surface area contributed by atoms with Crippen LogP contribution in [0.15, 0.2) is 79.0 Å². The van der Waals surface area contributed by atoms with E-state index < -0.39 is 0 Å². The summed E-state index contributed by atoms with van der Waals surface area (Å²) in [5.41, 5.74) is 6.15. The van der Waals surface area contributed by atoms with E-state index in [9.17, 15) is 9.90 Å². The fourth-order valence-electron chi connectivity index (χ4n) is 5.09. The average molecular weight is 481 g/mol. The molecule has 1 atom stereocenters. The molecule has 0 bridgehead atoms. The van der Waals surface area contributed by atoms with Gasteiger partial charge in [-0.2, -0.15) is 0 Å². The van der Waals surface area contributed by atoms with Gasteiger partial charge in [-0.1, -0.05) is 0 Å². The molecule has 1 amide bonds. The van der Waals surface area contributed by atoms with Crippen molar-refractivity contribution in [1.82, 2.24) is 9.88 Å². The Morgan fingerprint density at radius 1 is 0.889 bits per heavy atom. The van der Waals surface area contributed by atoms with Crippen LogP contribution in [0.5, 0.6) is 0 Å². The first-order valence-electron chi connectivity index (χ1n) is 12.9. The SMILES string of the molecule is O=C(NC1CC1)c1ccc(-n2ccc3cc(Nc4ccc(N5CCCC(CO)C5)cc4)ccc32)cc1. The highest BCUT2D eigenvalue weighted by atomic mass is 16.3. The summed E-state index contributed by atoms with van der Waals surface area (Å²) < 4.78 is 2.15. The second-order valence-corrected chi connectivity index (χ2v) is 10.1. The van der Waals surface area contributed by atoms with Crippen LogP contribution in [0, 0.1) is 5.92 Å². The van der Waals surface area contributed by atoms with Gasteiger partial charge in [-0.25, -0.2) is 0 Å². The van der Waals surface area contributed by atoms with E-state index in [-0.39, 0.29) is 12.5 Å². The summed E-state index contributed by atoms with van der Waals surface area (Å²) in [7, 11) is 0. The highest BCUT2D eigenvalue weighted by Crippen LogP contribution is 2.28. The maximum Gasteiger partial charge on any atom is 0.251 e. The number of aromatic nitrogens is 1. The van der Waals surface area contributed by atoms with Crippen LogP contribution < -0.4 is 15.5 Å². The molecular formula is C30H32N4O2. The van der Waals surface area contributed by atoms with Crippen molar-refractivity contribution in [3.8, 4) is 5.69 Å². The third-order valence-electron chi connectivity index (χ3n) is 7.31. The molecule has 0 spiro atoms. The third-order valence-corrected chi connectivity index (χ3v) is 7.31. The lowest BCUT2D eigenvalue weighted by atomic mass is 9.98. The lowest BCUT2D eigenvalue weighted by Gasteiger charge is -2.33. The van der Waals surface area contributed by atoms with Gasteiger partial charge in [-0.3, -0.25) is 4.79 Å². The predicted molar refractivity (Wildman–Crippen MR) is 146 cm³/mol. The number of hydrogen-bond donors (Lipinski definition) is 3. The maximum atomic E-state index is 12.3. The molecule has 6 nitrogen and oxygen atoms in total. The first kappa shape index (κ1) is 22.7. The zero-order valence-corrected chi connectivity index (χ0v) is 20.4. The van der Waals surface area contributed by atoms with Crippen molar-refractivity contribution in [3.05, 3.63) is 84.6 Å². The topological polar surface area (TPSA) is 69.5 Å². The van der Waals surface area contributed by atoms with E-state index in [2.05, 4.69) is 74.8 Å². The standard InChI is InChI=1S/C30H32N4O2/c35-20-21-2-1-16-33(19-21)27-12-7-24(8-13-27)31-26-9-14-29-23(18-26)15-17-34(29)28-10-3-22(4-11-28)30(36)32-25-5-6-25/h3-4,7-15,17-18,21,25,31,35H,1-2,5-6,16,19-20H2,(H,32,36). The smallest absolute Gasteiger partial charge is 0.251 e. The number of benzene rings is 3. The summed E-state index contributed by atoms with van der Waals surface area (Å²) in [5.74, 6) is 0.385. The Kier molecular flexibility index (Phi) is 6.11. The van der Waals surface area contributed by atoms with Crippen molar-refractivity contribution >= 4 is 33.9 Å². The largest absolute Gasteiger partial charge is 0.396 e. The van der Waals surface area contributed by atoms with Gasteiger partial charge in [0, 0.05) is 65.6 Å². The minimum absolute atomic E-state index is 0.00967. The van der Waals surface area contributed by atoms with Crippen molar-refractivity contribution in [2.45, 2.75) is 31.7 Å². The fourth-order valence-corrected chi connectivity index (χ4v) is 5.09. The van der Waals surface area contributed by atoms with Gasteiger partial charge in [0.1, 0.15) is 0 Å². The van der Waals surface area contributed by atoms with Crippen LogP contribution in [0.3, 0.4) is 0 Å². The molecular weight excluding hydrogens is 448 g/mol. The fraction of sp³-hybridized carbons (Fsp3) is 0.300. The summed E-state index contributed by atoms with van der Waals surface area (Å²) in [5, 5.41) is 17.2. The van der Waals surface area contributed by atoms with Gasteiger partial charge in [-0.15, -0.1) is 0 Å². The number of fused-ring (bicyclic) bond motifs is 1. The summed E-state index contributed by atoms with van der Waals surface area (Å²) in [6.07, 6.45) is 6.49. The van der Waals surface area contributed by atoms with Gasteiger partial charge in [0.15, 0.2) is 0 Å². The molecule has 2 aliphatic rings. The molecule has 3 aromatic carbocycles. The number of nitrogens with one attached hydrogen (secondary N) is 2. The Bertz CT molecular complexity index is 1360. The molecule has 6 heteroatoms. The molecule has 1 saturated carbocycles. The highest BCUT2D eigenvalue weighted by molar-refractivity contribution is 5.95. The minimum Gasteiger partial charge on any atom is -0.396 e. The molecule has 1 unspecified atom stereocenters. The van der Waals surface area contributed by atoms with Crippen LogP contribution in [-0.4, -0.2) is 41.3 Å². The quantitative estimate of drug-likeness (QED) is 0.328. The van der Waals surface area contributed by atoms with Gasteiger partial charge in [-0.05, 0) is 104 Å². The van der Waals surface area contributed by atoms with Gasteiger partial charge in [0.2, 0.25) is 0 Å². The molecule has 1 saturated heterocycles. The zero-order chi connectivity index (χ0) is 24.5. The summed E-state index contributed by atoms with van der Waals surface area (Å²) >= 11 is 0. The van der Waals surface area contributed by atoms with Gasteiger partial charge in [0.05, 0.1) is 5.52 Å². The number of anilines is 3. The van der Waals surface area contributed by atoms with Gasteiger partial charge in [0.25, 0.3) is 5.91 Å². The minimum atomic E-state index is 0.00967. The molecule has 4 aromatic rings. The van der Waals surface area contributed by atoms with Crippen LogP contribution in [0.2, 0.25) is 0 Å². The van der Waals surface area contributed by atoms with Crippen molar-refractivity contribution in [2.75, 3.05) is 29.9 Å². The van der Waals surface area contributed by atoms with Crippen molar-refractivity contribution in [2.24, 2.45) is 5.92 Å². The number of nitrogens with zero attached hydrogens (tertiary/aromatic N) is 2. The molecule has 2 fully saturated rings. The van der Waals surface area contributed by atoms with Crippen molar-refractivity contribution in [3.63, 3.8) is 0 Å².